The van der Waals surface area contributed by atoms with E-state index in [1.165, 1.54) is 0 Å². The molecule has 2 aliphatic heterocycles. The van der Waals surface area contributed by atoms with Crippen LogP contribution in [0.2, 0.25) is 0 Å². The van der Waals surface area contributed by atoms with Crippen LogP contribution >= 0.6 is 0 Å². The van der Waals surface area contributed by atoms with Crippen LogP contribution in [0.5, 0.6) is 0 Å². The summed E-state index contributed by atoms with van der Waals surface area (Å²) in [6.07, 6.45) is 8.87. The van der Waals surface area contributed by atoms with Gasteiger partial charge in [0.15, 0.2) is 0 Å². The van der Waals surface area contributed by atoms with Crippen LogP contribution in [0.3, 0.4) is 0 Å². The molecule has 7 heteroatoms. The zero-order valence-electron chi connectivity index (χ0n) is 11.5. The van der Waals surface area contributed by atoms with Gasteiger partial charge in [0.25, 0.3) is 10.2 Å². The Bertz CT molecular complexity index is 543. The highest BCUT2D eigenvalue weighted by atomic mass is 32.2. The predicted octanol–water partition coefficient (Wildman–Crippen LogP) is 0.997. The lowest BCUT2D eigenvalue weighted by Gasteiger charge is -2.33. The van der Waals surface area contributed by atoms with Crippen LogP contribution in [0.25, 0.3) is 0 Å². The Morgan fingerprint density at radius 1 is 1.05 bits per heavy atom. The van der Waals surface area contributed by atoms with E-state index in [0.717, 1.165) is 31.4 Å². The van der Waals surface area contributed by atoms with Crippen molar-refractivity contribution in [2.45, 2.75) is 31.6 Å². The van der Waals surface area contributed by atoms with Gasteiger partial charge in [0.1, 0.15) is 0 Å². The Morgan fingerprint density at radius 2 is 1.80 bits per heavy atom. The Hall–Kier alpha value is -1.05. The third-order valence-electron chi connectivity index (χ3n) is 4.10. The minimum atomic E-state index is -3.28. The molecule has 1 aromatic rings. The number of hydrogen-bond acceptors (Lipinski definition) is 4. The van der Waals surface area contributed by atoms with Crippen LogP contribution in [-0.4, -0.2) is 53.2 Å². The summed E-state index contributed by atoms with van der Waals surface area (Å²) in [6, 6.07) is 0. The Kier molecular flexibility index (Phi) is 4.00. The minimum absolute atomic E-state index is 0.162. The van der Waals surface area contributed by atoms with Gasteiger partial charge in [-0.3, -0.25) is 9.97 Å². The summed E-state index contributed by atoms with van der Waals surface area (Å²) >= 11 is 0. The van der Waals surface area contributed by atoms with E-state index in [1.807, 2.05) is 0 Å². The smallest absolute Gasteiger partial charge is 0.261 e. The monoisotopic (exact) mass is 296 g/mol. The summed E-state index contributed by atoms with van der Waals surface area (Å²) < 4.78 is 28.4. The molecule has 0 amide bonds. The van der Waals surface area contributed by atoms with Gasteiger partial charge in [-0.1, -0.05) is 0 Å². The van der Waals surface area contributed by atoms with Gasteiger partial charge in [0, 0.05) is 50.7 Å². The SMILES string of the molecule is O=S(=O)(N1CCCC1)N1CCC[C@@H](c2cnccn2)C1. The molecule has 0 spiro atoms. The van der Waals surface area contributed by atoms with Gasteiger partial charge in [0.05, 0.1) is 5.69 Å². The van der Waals surface area contributed by atoms with Crippen molar-refractivity contribution in [2.24, 2.45) is 0 Å². The van der Waals surface area contributed by atoms with Crippen molar-refractivity contribution < 1.29 is 8.42 Å². The predicted molar refractivity (Wildman–Crippen MR) is 75.3 cm³/mol. The Morgan fingerprint density at radius 3 is 2.50 bits per heavy atom. The maximum atomic E-state index is 12.6. The standard InChI is InChI=1S/C13H20N4O2S/c18-20(19,16-7-1-2-8-16)17-9-3-4-12(11-17)13-10-14-5-6-15-13/h5-6,10,12H,1-4,7-9,11H2/t12-/m1/s1. The molecule has 0 N–H and O–H groups in total. The number of hydrogen-bond donors (Lipinski definition) is 0. The fourth-order valence-corrected chi connectivity index (χ4v) is 4.77. The second-order valence-electron chi connectivity index (χ2n) is 5.44. The van der Waals surface area contributed by atoms with Gasteiger partial charge in [-0.25, -0.2) is 0 Å². The summed E-state index contributed by atoms with van der Waals surface area (Å²) in [5.74, 6) is 0.162. The average molecular weight is 296 g/mol. The van der Waals surface area contributed by atoms with E-state index in [2.05, 4.69) is 9.97 Å². The second-order valence-corrected chi connectivity index (χ2v) is 7.37. The molecule has 1 aromatic heterocycles. The molecule has 0 unspecified atom stereocenters. The van der Waals surface area contributed by atoms with E-state index in [4.69, 9.17) is 0 Å². The number of rotatable bonds is 3. The largest absolute Gasteiger partial charge is 0.281 e. The summed E-state index contributed by atoms with van der Waals surface area (Å²) in [5.41, 5.74) is 0.897. The lowest BCUT2D eigenvalue weighted by Crippen LogP contribution is -2.46. The van der Waals surface area contributed by atoms with E-state index in [9.17, 15) is 8.42 Å². The van der Waals surface area contributed by atoms with Gasteiger partial charge in [-0.2, -0.15) is 17.0 Å². The molecule has 1 atom stereocenters. The normalized spacial score (nSPS) is 25.9. The number of piperidine rings is 1. The van der Waals surface area contributed by atoms with Crippen LogP contribution in [0.1, 0.15) is 37.3 Å². The van der Waals surface area contributed by atoms with Crippen LogP contribution in [0.4, 0.5) is 0 Å². The van der Waals surface area contributed by atoms with Gasteiger partial charge >= 0.3 is 0 Å². The van der Waals surface area contributed by atoms with Gasteiger partial charge < -0.3 is 0 Å². The highest BCUT2D eigenvalue weighted by molar-refractivity contribution is 7.86. The van der Waals surface area contributed by atoms with Crippen LogP contribution < -0.4 is 0 Å². The highest BCUT2D eigenvalue weighted by Crippen LogP contribution is 2.28. The van der Waals surface area contributed by atoms with Crippen LogP contribution in [0.15, 0.2) is 18.6 Å². The first-order valence-corrected chi connectivity index (χ1v) is 8.59. The number of aromatic nitrogens is 2. The summed E-state index contributed by atoms with van der Waals surface area (Å²) in [7, 11) is -3.28. The third-order valence-corrected chi connectivity index (χ3v) is 6.11. The molecule has 2 fully saturated rings. The zero-order chi connectivity index (χ0) is 14.0. The lowest BCUT2D eigenvalue weighted by atomic mass is 9.96. The van der Waals surface area contributed by atoms with Crippen molar-refractivity contribution in [3.05, 3.63) is 24.3 Å². The maximum absolute atomic E-state index is 12.6. The molecule has 3 rings (SSSR count). The molecule has 20 heavy (non-hydrogen) atoms. The van der Waals surface area contributed by atoms with Crippen molar-refractivity contribution in [1.29, 1.82) is 0 Å². The van der Waals surface area contributed by atoms with Crippen LogP contribution in [0, 0.1) is 0 Å². The van der Waals surface area contributed by atoms with E-state index in [-0.39, 0.29) is 5.92 Å². The second kappa shape index (κ2) is 5.75. The fourth-order valence-electron chi connectivity index (χ4n) is 3.00. The van der Waals surface area contributed by atoms with Crippen molar-refractivity contribution in [1.82, 2.24) is 18.6 Å². The maximum Gasteiger partial charge on any atom is 0.281 e. The lowest BCUT2D eigenvalue weighted by molar-refractivity contribution is 0.290. The Balaban J connectivity index is 1.75. The first-order valence-electron chi connectivity index (χ1n) is 7.19. The van der Waals surface area contributed by atoms with E-state index < -0.39 is 10.2 Å². The van der Waals surface area contributed by atoms with E-state index in [1.54, 1.807) is 27.2 Å². The quantitative estimate of drug-likeness (QED) is 0.834. The molecule has 2 aliphatic rings. The molecule has 0 saturated carbocycles. The van der Waals surface area contributed by atoms with E-state index >= 15 is 0 Å². The molecule has 2 saturated heterocycles. The summed E-state index contributed by atoms with van der Waals surface area (Å²) in [4.78, 5) is 8.40. The zero-order valence-corrected chi connectivity index (χ0v) is 12.3. The molecular formula is C13H20N4O2S. The van der Waals surface area contributed by atoms with Gasteiger partial charge in [-0.05, 0) is 25.7 Å². The molecule has 0 aromatic carbocycles. The molecule has 110 valence electrons. The average Bonchev–Trinajstić information content (AvgIpc) is 3.03. The van der Waals surface area contributed by atoms with Crippen LogP contribution in [-0.2, 0) is 10.2 Å². The minimum Gasteiger partial charge on any atom is -0.261 e. The first-order chi connectivity index (χ1) is 9.68. The van der Waals surface area contributed by atoms with Crippen molar-refractivity contribution in [3.8, 4) is 0 Å². The molecule has 0 radical (unpaired) electrons. The molecular weight excluding hydrogens is 276 g/mol. The summed E-state index contributed by atoms with van der Waals surface area (Å²) in [5, 5.41) is 0. The van der Waals surface area contributed by atoms with Crippen molar-refractivity contribution in [3.63, 3.8) is 0 Å². The number of nitrogens with zero attached hydrogens (tertiary/aromatic N) is 4. The fraction of sp³-hybridized carbons (Fsp3) is 0.692. The van der Waals surface area contributed by atoms with Crippen molar-refractivity contribution >= 4 is 10.2 Å². The third kappa shape index (κ3) is 2.70. The molecule has 0 aliphatic carbocycles. The molecule has 3 heterocycles. The first kappa shape index (κ1) is 13.9. The van der Waals surface area contributed by atoms with Gasteiger partial charge in [0.2, 0.25) is 0 Å². The summed E-state index contributed by atoms with van der Waals surface area (Å²) in [6.45, 7) is 2.47. The topological polar surface area (TPSA) is 66.4 Å². The molecule has 6 nitrogen and oxygen atoms in total. The van der Waals surface area contributed by atoms with Gasteiger partial charge in [-0.15, -0.1) is 0 Å². The highest BCUT2D eigenvalue weighted by Gasteiger charge is 2.35. The van der Waals surface area contributed by atoms with E-state index in [0.29, 0.717) is 26.2 Å². The Labute approximate surface area is 120 Å². The molecule has 0 bridgehead atoms. The van der Waals surface area contributed by atoms with Crippen molar-refractivity contribution in [2.75, 3.05) is 26.2 Å².